The van der Waals surface area contributed by atoms with Gasteiger partial charge in [0, 0.05) is 12.1 Å². The van der Waals surface area contributed by atoms with Crippen LogP contribution in [0.5, 0.6) is 5.88 Å². The highest BCUT2D eigenvalue weighted by atomic mass is 16.5. The molecule has 1 aliphatic carbocycles. The van der Waals surface area contributed by atoms with Gasteiger partial charge in [-0.25, -0.2) is 4.68 Å². The molecule has 104 valence electrons. The molecule has 20 heavy (non-hydrogen) atoms. The molecule has 0 atom stereocenters. The van der Waals surface area contributed by atoms with Crippen molar-refractivity contribution in [2.45, 2.75) is 25.7 Å². The van der Waals surface area contributed by atoms with E-state index in [4.69, 9.17) is 10.5 Å². The van der Waals surface area contributed by atoms with E-state index < -0.39 is 5.91 Å². The minimum Gasteiger partial charge on any atom is -0.477 e. The quantitative estimate of drug-likeness (QED) is 0.878. The molecule has 0 saturated heterocycles. The zero-order valence-corrected chi connectivity index (χ0v) is 11.1. The van der Waals surface area contributed by atoms with Gasteiger partial charge in [0.15, 0.2) is 5.82 Å². The highest BCUT2D eigenvalue weighted by Crippen LogP contribution is 2.40. The Balaban J connectivity index is 1.99. The van der Waals surface area contributed by atoms with Gasteiger partial charge in [-0.1, -0.05) is 0 Å². The summed E-state index contributed by atoms with van der Waals surface area (Å²) in [5.41, 5.74) is 6.60. The molecule has 0 radical (unpaired) electrons. The lowest BCUT2D eigenvalue weighted by Crippen LogP contribution is -2.12. The maximum Gasteiger partial charge on any atom is 0.252 e. The number of aromatic nitrogens is 4. The summed E-state index contributed by atoms with van der Waals surface area (Å²) in [6.07, 6.45) is 6.80. The average molecular weight is 273 g/mol. The lowest BCUT2D eigenvalue weighted by molar-refractivity contribution is 0.0999. The first-order chi connectivity index (χ1) is 9.69. The fourth-order valence-electron chi connectivity index (χ4n) is 2.02. The molecule has 0 aromatic carbocycles. The first kappa shape index (κ1) is 12.6. The largest absolute Gasteiger partial charge is 0.477 e. The second-order valence-corrected chi connectivity index (χ2v) is 4.66. The Bertz CT molecular complexity index is 648. The van der Waals surface area contributed by atoms with E-state index in [2.05, 4.69) is 15.1 Å². The zero-order valence-electron chi connectivity index (χ0n) is 11.1. The van der Waals surface area contributed by atoms with E-state index in [9.17, 15) is 4.79 Å². The van der Waals surface area contributed by atoms with Crippen molar-refractivity contribution in [2.24, 2.45) is 5.73 Å². The molecule has 1 saturated carbocycles. The minimum atomic E-state index is -0.466. The van der Waals surface area contributed by atoms with Gasteiger partial charge in [0.05, 0.1) is 30.3 Å². The monoisotopic (exact) mass is 273 g/mol. The van der Waals surface area contributed by atoms with Gasteiger partial charge in [-0.2, -0.15) is 10.1 Å². The van der Waals surface area contributed by atoms with Gasteiger partial charge in [-0.3, -0.25) is 9.78 Å². The van der Waals surface area contributed by atoms with Gasteiger partial charge < -0.3 is 10.5 Å². The van der Waals surface area contributed by atoms with Crippen molar-refractivity contribution in [3.8, 4) is 11.7 Å². The van der Waals surface area contributed by atoms with E-state index in [0.717, 1.165) is 18.5 Å². The first-order valence-corrected chi connectivity index (χ1v) is 6.53. The third kappa shape index (κ3) is 2.34. The number of nitrogens with two attached hydrogens (primary N) is 1. The fourth-order valence-corrected chi connectivity index (χ4v) is 2.02. The predicted molar refractivity (Wildman–Crippen MR) is 70.8 cm³/mol. The van der Waals surface area contributed by atoms with Crippen LogP contribution < -0.4 is 10.5 Å². The van der Waals surface area contributed by atoms with E-state index >= 15 is 0 Å². The summed E-state index contributed by atoms with van der Waals surface area (Å²) in [5, 5.41) is 4.42. The van der Waals surface area contributed by atoms with Gasteiger partial charge in [0.1, 0.15) is 0 Å². The van der Waals surface area contributed by atoms with Gasteiger partial charge >= 0.3 is 0 Å². The van der Waals surface area contributed by atoms with Crippen LogP contribution in [0.2, 0.25) is 0 Å². The number of carbonyl (C=O) groups is 1. The Kier molecular flexibility index (Phi) is 3.09. The van der Waals surface area contributed by atoms with Crippen LogP contribution >= 0.6 is 0 Å². The van der Waals surface area contributed by atoms with Crippen LogP contribution in [-0.4, -0.2) is 32.3 Å². The van der Waals surface area contributed by atoms with Crippen LogP contribution in [-0.2, 0) is 0 Å². The van der Waals surface area contributed by atoms with Crippen LogP contribution in [0.4, 0.5) is 0 Å². The third-order valence-corrected chi connectivity index (χ3v) is 3.10. The van der Waals surface area contributed by atoms with Gasteiger partial charge in [0.2, 0.25) is 5.88 Å². The Morgan fingerprint density at radius 1 is 1.50 bits per heavy atom. The molecule has 2 aromatic heterocycles. The van der Waals surface area contributed by atoms with Gasteiger partial charge in [-0.15, -0.1) is 0 Å². The second-order valence-electron chi connectivity index (χ2n) is 4.66. The molecule has 2 heterocycles. The molecule has 0 bridgehead atoms. The topological polar surface area (TPSA) is 95.9 Å². The molecule has 2 N–H and O–H groups in total. The average Bonchev–Trinajstić information content (AvgIpc) is 3.18. The number of rotatable bonds is 5. The van der Waals surface area contributed by atoms with Crippen molar-refractivity contribution in [2.75, 3.05) is 6.61 Å². The van der Waals surface area contributed by atoms with Crippen LogP contribution in [0.3, 0.4) is 0 Å². The molecule has 0 unspecified atom stereocenters. The molecule has 0 aliphatic heterocycles. The highest BCUT2D eigenvalue weighted by molar-refractivity contribution is 5.94. The van der Waals surface area contributed by atoms with Crippen LogP contribution in [0.1, 0.15) is 41.7 Å². The van der Waals surface area contributed by atoms with Crippen molar-refractivity contribution in [1.82, 2.24) is 19.7 Å². The molecule has 1 amide bonds. The Labute approximate surface area is 115 Å². The maximum atomic E-state index is 11.5. The Morgan fingerprint density at radius 3 is 2.95 bits per heavy atom. The summed E-state index contributed by atoms with van der Waals surface area (Å²) in [4.78, 5) is 19.8. The third-order valence-electron chi connectivity index (χ3n) is 3.10. The summed E-state index contributed by atoms with van der Waals surface area (Å²) < 4.78 is 6.84. The normalized spacial score (nSPS) is 14.2. The first-order valence-electron chi connectivity index (χ1n) is 6.53. The van der Waals surface area contributed by atoms with E-state index in [-0.39, 0.29) is 0 Å². The summed E-state index contributed by atoms with van der Waals surface area (Å²) >= 11 is 0. The number of nitrogens with zero attached hydrogens (tertiary/aromatic N) is 4. The van der Waals surface area contributed by atoms with E-state index in [1.165, 1.54) is 10.9 Å². The lowest BCUT2D eigenvalue weighted by Gasteiger charge is -2.03. The summed E-state index contributed by atoms with van der Waals surface area (Å²) in [6.45, 7) is 2.38. The van der Waals surface area contributed by atoms with Gasteiger partial charge in [-0.05, 0) is 19.8 Å². The molecule has 7 nitrogen and oxygen atoms in total. The smallest absolute Gasteiger partial charge is 0.252 e. The zero-order chi connectivity index (χ0) is 14.1. The van der Waals surface area contributed by atoms with E-state index in [1.54, 1.807) is 12.4 Å². The number of carbonyl (C=O) groups excluding carboxylic acids is 1. The number of primary amides is 1. The standard InChI is InChI=1S/C13H15N5O2/c1-2-20-11-6-15-5-10(16-11)18-7-9(13(14)19)12(17-18)8-3-4-8/h5-8H,2-4H2,1H3,(H2,14,19). The molecular formula is C13H15N5O2. The molecule has 2 aromatic rings. The molecular weight excluding hydrogens is 258 g/mol. The van der Waals surface area contributed by atoms with Crippen molar-refractivity contribution in [1.29, 1.82) is 0 Å². The summed E-state index contributed by atoms with van der Waals surface area (Å²) in [7, 11) is 0. The second kappa shape index (κ2) is 4.92. The Morgan fingerprint density at radius 2 is 2.30 bits per heavy atom. The SMILES string of the molecule is CCOc1cncc(-n2cc(C(N)=O)c(C3CC3)n2)n1. The highest BCUT2D eigenvalue weighted by Gasteiger charge is 2.31. The molecule has 7 heteroatoms. The van der Waals surface area contributed by atoms with Crippen molar-refractivity contribution >= 4 is 5.91 Å². The molecule has 3 rings (SSSR count). The van der Waals surface area contributed by atoms with Crippen LogP contribution in [0, 0.1) is 0 Å². The van der Waals surface area contributed by atoms with Crippen LogP contribution in [0.15, 0.2) is 18.6 Å². The van der Waals surface area contributed by atoms with E-state index in [0.29, 0.717) is 29.8 Å². The fraction of sp³-hybridized carbons (Fsp3) is 0.385. The summed E-state index contributed by atoms with van der Waals surface area (Å²) in [5.74, 6) is 0.799. The number of hydrogen-bond donors (Lipinski definition) is 1. The lowest BCUT2D eigenvalue weighted by atomic mass is 10.2. The molecule has 1 aliphatic rings. The van der Waals surface area contributed by atoms with Crippen LogP contribution in [0.25, 0.3) is 5.82 Å². The number of hydrogen-bond acceptors (Lipinski definition) is 5. The van der Waals surface area contributed by atoms with Gasteiger partial charge in [0.25, 0.3) is 5.91 Å². The molecule has 1 fully saturated rings. The number of ether oxygens (including phenoxy) is 1. The maximum absolute atomic E-state index is 11.5. The minimum absolute atomic E-state index is 0.335. The van der Waals surface area contributed by atoms with Crippen molar-refractivity contribution in [3.63, 3.8) is 0 Å². The van der Waals surface area contributed by atoms with Crippen molar-refractivity contribution < 1.29 is 9.53 Å². The number of amides is 1. The molecule has 0 spiro atoms. The predicted octanol–water partition coefficient (Wildman–Crippen LogP) is 1.04. The van der Waals surface area contributed by atoms with E-state index in [1.807, 2.05) is 6.92 Å². The van der Waals surface area contributed by atoms with Crippen molar-refractivity contribution in [3.05, 3.63) is 29.8 Å². The Hall–Kier alpha value is -2.44. The summed E-state index contributed by atoms with van der Waals surface area (Å²) in [6, 6.07) is 0.